The monoisotopic (exact) mass is 712 g/mol. The Balaban J connectivity index is 1.06. The molecule has 0 saturated heterocycles. The number of rotatable bonds is 3. The average Bonchev–Trinajstić information content (AvgIpc) is 3.74. The molecule has 1 aliphatic rings. The highest BCUT2D eigenvalue weighted by atomic mass is 16.3. The van der Waals surface area contributed by atoms with Crippen molar-refractivity contribution in [3.05, 3.63) is 193 Å². The molecule has 1 heterocycles. The maximum absolute atomic E-state index is 6.51. The van der Waals surface area contributed by atoms with Crippen LogP contribution < -0.4 is 0 Å². The maximum Gasteiger partial charge on any atom is 0.143 e. The quantitative estimate of drug-likeness (QED) is 0.166. The van der Waals surface area contributed by atoms with Gasteiger partial charge in [-0.15, -0.1) is 0 Å². The Bertz CT molecular complexity index is 3380. The molecule has 0 amide bonds. The molecule has 0 spiro atoms. The van der Waals surface area contributed by atoms with E-state index in [4.69, 9.17) is 4.42 Å². The highest BCUT2D eigenvalue weighted by Crippen LogP contribution is 2.54. The minimum Gasteiger partial charge on any atom is -0.455 e. The first-order valence-corrected chi connectivity index (χ1v) is 19.6. The lowest BCUT2D eigenvalue weighted by atomic mass is 9.80. The molecule has 0 radical (unpaired) electrons. The molecule has 0 atom stereocenters. The first-order chi connectivity index (χ1) is 27.5. The molecule has 1 heteroatoms. The first kappa shape index (κ1) is 31.4. The van der Waals surface area contributed by atoms with Crippen LogP contribution in [-0.4, -0.2) is 0 Å². The zero-order valence-electron chi connectivity index (χ0n) is 31.2. The summed E-state index contributed by atoms with van der Waals surface area (Å²) >= 11 is 0. The molecule has 0 bridgehead atoms. The van der Waals surface area contributed by atoms with E-state index in [1.807, 2.05) is 6.07 Å². The summed E-state index contributed by atoms with van der Waals surface area (Å²) in [4.78, 5) is 0. The molecule has 262 valence electrons. The molecule has 0 N–H and O–H groups in total. The number of fused-ring (bicyclic) bond motifs is 12. The second kappa shape index (κ2) is 11.5. The molecule has 1 aliphatic carbocycles. The summed E-state index contributed by atoms with van der Waals surface area (Å²) in [7, 11) is 0. The normalized spacial score (nSPS) is 13.3. The second-order valence-electron chi connectivity index (χ2n) is 16.0. The minimum absolute atomic E-state index is 0.174. The third-order valence-electron chi connectivity index (χ3n) is 12.6. The zero-order valence-corrected chi connectivity index (χ0v) is 31.2. The van der Waals surface area contributed by atoms with Crippen molar-refractivity contribution in [1.29, 1.82) is 0 Å². The van der Waals surface area contributed by atoms with Crippen molar-refractivity contribution in [3.8, 4) is 44.5 Å². The van der Waals surface area contributed by atoms with Crippen molar-refractivity contribution in [1.82, 2.24) is 0 Å². The van der Waals surface area contributed by atoms with Gasteiger partial charge in [-0.1, -0.05) is 166 Å². The molecule has 11 aromatic rings. The largest absolute Gasteiger partial charge is 0.455 e. The summed E-state index contributed by atoms with van der Waals surface area (Å²) in [6.45, 7) is 4.77. The van der Waals surface area contributed by atoms with Crippen LogP contribution in [0.4, 0.5) is 0 Å². The average molecular weight is 713 g/mol. The molecule has 1 nitrogen and oxygen atoms in total. The van der Waals surface area contributed by atoms with E-state index in [2.05, 4.69) is 190 Å². The van der Waals surface area contributed by atoms with Crippen LogP contribution in [0, 0.1) is 0 Å². The Morgan fingerprint density at radius 3 is 1.57 bits per heavy atom. The minimum atomic E-state index is -0.174. The molecule has 1 aromatic heterocycles. The van der Waals surface area contributed by atoms with Crippen LogP contribution >= 0.6 is 0 Å². The fraction of sp³-hybridized carbons (Fsp3) is 0.0545. The van der Waals surface area contributed by atoms with Gasteiger partial charge in [0.1, 0.15) is 11.2 Å². The van der Waals surface area contributed by atoms with E-state index < -0.39 is 0 Å². The summed E-state index contributed by atoms with van der Waals surface area (Å²) in [6, 6.07) is 67.2. The number of para-hydroxylation sites is 1. The van der Waals surface area contributed by atoms with Crippen molar-refractivity contribution in [2.75, 3.05) is 0 Å². The molecule has 0 unspecified atom stereocenters. The van der Waals surface area contributed by atoms with Crippen molar-refractivity contribution in [2.24, 2.45) is 0 Å². The Morgan fingerprint density at radius 2 is 0.857 bits per heavy atom. The van der Waals surface area contributed by atoms with E-state index in [0.717, 1.165) is 11.2 Å². The van der Waals surface area contributed by atoms with Gasteiger partial charge in [-0.2, -0.15) is 0 Å². The summed E-state index contributed by atoms with van der Waals surface area (Å²) < 4.78 is 6.51. The van der Waals surface area contributed by atoms with Gasteiger partial charge in [0, 0.05) is 21.6 Å². The van der Waals surface area contributed by atoms with Gasteiger partial charge >= 0.3 is 0 Å². The fourth-order valence-corrected chi connectivity index (χ4v) is 9.94. The predicted octanol–water partition coefficient (Wildman–Crippen LogP) is 15.5. The van der Waals surface area contributed by atoms with Gasteiger partial charge < -0.3 is 4.42 Å². The van der Waals surface area contributed by atoms with Crippen LogP contribution in [0.15, 0.2) is 186 Å². The second-order valence-corrected chi connectivity index (χ2v) is 16.0. The van der Waals surface area contributed by atoms with Gasteiger partial charge in [0.05, 0.1) is 0 Å². The lowest BCUT2D eigenvalue weighted by molar-refractivity contribution is 0.660. The molecule has 56 heavy (non-hydrogen) atoms. The van der Waals surface area contributed by atoms with Crippen molar-refractivity contribution < 1.29 is 4.42 Å². The molecule has 0 aliphatic heterocycles. The SMILES string of the molecule is CC1(C)c2cc(-c3c4ccccc4c(-c4ccc5ccc(-c6ccccc6)cc5c4)c4ccccc34)ccc2-c2c1ccc1c2ccc2c3ccccc3oc12. The standard InChI is InChI=1S/C55H36O/c1-55(2)48-29-28-46-44(26-27-45-39-14-10-11-19-50(39)56-54(45)46)53(48)47-25-24-37(32-49(47)55)52-42-17-8-6-15-40(42)51(41-16-7-9-18-43(41)52)36-23-21-34-20-22-35(30-38(34)31-36)33-12-4-3-5-13-33/h3-32H,1-2H3. The van der Waals surface area contributed by atoms with Crippen molar-refractivity contribution in [2.45, 2.75) is 19.3 Å². The van der Waals surface area contributed by atoms with E-state index in [1.165, 1.54) is 109 Å². The Labute approximate surface area is 325 Å². The van der Waals surface area contributed by atoms with Gasteiger partial charge in [-0.3, -0.25) is 0 Å². The van der Waals surface area contributed by atoms with Crippen molar-refractivity contribution >= 4 is 65.0 Å². The van der Waals surface area contributed by atoms with E-state index in [0.29, 0.717) is 0 Å². The van der Waals surface area contributed by atoms with Gasteiger partial charge in [-0.05, 0) is 124 Å². The van der Waals surface area contributed by atoms with Gasteiger partial charge in [-0.25, -0.2) is 0 Å². The van der Waals surface area contributed by atoms with E-state index in [-0.39, 0.29) is 5.41 Å². The van der Waals surface area contributed by atoms with E-state index in [1.54, 1.807) is 0 Å². The highest BCUT2D eigenvalue weighted by Gasteiger charge is 2.37. The molecular formula is C55H36O. The Kier molecular flexibility index (Phi) is 6.46. The highest BCUT2D eigenvalue weighted by molar-refractivity contribution is 6.22. The van der Waals surface area contributed by atoms with E-state index in [9.17, 15) is 0 Å². The Morgan fingerprint density at radius 1 is 0.339 bits per heavy atom. The lowest BCUT2D eigenvalue weighted by Gasteiger charge is -2.23. The molecular weight excluding hydrogens is 677 g/mol. The zero-order chi connectivity index (χ0) is 37.1. The van der Waals surface area contributed by atoms with Crippen LogP contribution in [0.5, 0.6) is 0 Å². The molecule has 0 fully saturated rings. The van der Waals surface area contributed by atoms with Crippen LogP contribution in [-0.2, 0) is 5.41 Å². The summed E-state index contributed by atoms with van der Waals surface area (Å²) in [6.07, 6.45) is 0. The van der Waals surface area contributed by atoms with Crippen LogP contribution in [0.2, 0.25) is 0 Å². The topological polar surface area (TPSA) is 13.1 Å². The number of hydrogen-bond acceptors (Lipinski definition) is 1. The van der Waals surface area contributed by atoms with Crippen LogP contribution in [0.25, 0.3) is 110 Å². The third kappa shape index (κ3) is 4.37. The lowest BCUT2D eigenvalue weighted by Crippen LogP contribution is -2.15. The smallest absolute Gasteiger partial charge is 0.143 e. The first-order valence-electron chi connectivity index (χ1n) is 19.6. The van der Waals surface area contributed by atoms with Crippen LogP contribution in [0.3, 0.4) is 0 Å². The van der Waals surface area contributed by atoms with Gasteiger partial charge in [0.2, 0.25) is 0 Å². The molecule has 12 rings (SSSR count). The van der Waals surface area contributed by atoms with E-state index >= 15 is 0 Å². The summed E-state index contributed by atoms with van der Waals surface area (Å²) in [5.41, 5.74) is 14.6. The summed E-state index contributed by atoms with van der Waals surface area (Å²) in [5, 5.41) is 12.3. The third-order valence-corrected chi connectivity index (χ3v) is 12.6. The van der Waals surface area contributed by atoms with Crippen molar-refractivity contribution in [3.63, 3.8) is 0 Å². The summed E-state index contributed by atoms with van der Waals surface area (Å²) in [5.74, 6) is 0. The number of benzene rings is 10. The maximum atomic E-state index is 6.51. The van der Waals surface area contributed by atoms with Crippen LogP contribution in [0.1, 0.15) is 25.0 Å². The number of furan rings is 1. The Hall–Kier alpha value is -6.96. The molecule has 10 aromatic carbocycles. The number of hydrogen-bond donors (Lipinski definition) is 0. The fourth-order valence-electron chi connectivity index (χ4n) is 9.94. The molecule has 0 saturated carbocycles. The van der Waals surface area contributed by atoms with Gasteiger partial charge in [0.25, 0.3) is 0 Å². The van der Waals surface area contributed by atoms with Gasteiger partial charge in [0.15, 0.2) is 0 Å². The predicted molar refractivity (Wildman–Crippen MR) is 238 cm³/mol.